The molecule has 8 heteroatoms. The van der Waals surface area contributed by atoms with E-state index < -0.39 is 23.5 Å². The number of ketones is 1. The van der Waals surface area contributed by atoms with E-state index >= 15 is 0 Å². The van der Waals surface area contributed by atoms with Gasteiger partial charge in [-0.15, -0.1) is 6.42 Å². The van der Waals surface area contributed by atoms with Crippen LogP contribution in [0.15, 0.2) is 6.07 Å². The van der Waals surface area contributed by atoms with E-state index in [0.717, 1.165) is 63.9 Å². The third-order valence-corrected chi connectivity index (χ3v) is 9.07. The molecule has 6 atom stereocenters. The second-order valence-corrected chi connectivity index (χ2v) is 11.2. The van der Waals surface area contributed by atoms with Crippen molar-refractivity contribution in [3.63, 3.8) is 0 Å². The number of likely N-dealkylation sites (N-methyl/N-ethyl adjacent to an activating group) is 1. The zero-order chi connectivity index (χ0) is 25.3. The molecule has 4 fully saturated rings. The maximum Gasteiger partial charge on any atom is 0.218 e. The molecule has 3 N–H and O–H groups in total. The normalized spacial score (nSPS) is 34.0. The van der Waals surface area contributed by atoms with E-state index in [1.165, 1.54) is 0 Å². The van der Waals surface area contributed by atoms with E-state index in [4.69, 9.17) is 21.6 Å². The summed E-state index contributed by atoms with van der Waals surface area (Å²) in [5.74, 6) is 3.39. The highest BCUT2D eigenvalue weighted by Crippen LogP contribution is 2.48. The number of Topliss-reactive ketones (excluding diaryl/α,β-unsaturated/α-hetero) is 1. The highest BCUT2D eigenvalue weighted by molar-refractivity contribution is 5.98. The average molecular weight is 494 g/mol. The Balaban J connectivity index is 1.44. The topological polar surface area (TPSA) is 111 Å². The molecule has 1 aromatic heterocycles. The molecule has 0 amide bonds. The fraction of sp³-hybridized carbons (Fsp3) is 0.714. The first-order chi connectivity index (χ1) is 17.4. The van der Waals surface area contributed by atoms with Crippen molar-refractivity contribution in [1.29, 1.82) is 5.41 Å². The number of ether oxygens (including phenoxy) is 1. The molecule has 36 heavy (non-hydrogen) atoms. The van der Waals surface area contributed by atoms with Crippen LogP contribution in [0.5, 0.6) is 5.88 Å². The number of rotatable bonds is 6. The van der Waals surface area contributed by atoms with Crippen molar-refractivity contribution >= 4 is 11.5 Å². The van der Waals surface area contributed by atoms with Gasteiger partial charge in [-0.05, 0) is 65.1 Å². The lowest BCUT2D eigenvalue weighted by atomic mass is 9.59. The van der Waals surface area contributed by atoms with Crippen LogP contribution in [-0.2, 0) is 4.79 Å². The minimum Gasteiger partial charge on any atom is -0.459 e. The van der Waals surface area contributed by atoms with Crippen LogP contribution in [0.25, 0.3) is 0 Å². The van der Waals surface area contributed by atoms with Crippen molar-refractivity contribution in [3.8, 4) is 18.2 Å². The molecule has 0 aromatic carbocycles. The van der Waals surface area contributed by atoms with Gasteiger partial charge in [0.2, 0.25) is 5.88 Å². The quantitative estimate of drug-likeness (QED) is 0.413. The van der Waals surface area contributed by atoms with Crippen LogP contribution < -0.4 is 10.1 Å². The van der Waals surface area contributed by atoms with Crippen LogP contribution in [0.1, 0.15) is 81.6 Å². The summed E-state index contributed by atoms with van der Waals surface area (Å²) in [5.41, 5.74) is 0.323. The van der Waals surface area contributed by atoms with Crippen molar-refractivity contribution in [2.45, 2.75) is 88.4 Å². The lowest BCUT2D eigenvalue weighted by Crippen LogP contribution is -2.52. The van der Waals surface area contributed by atoms with Crippen molar-refractivity contribution in [3.05, 3.63) is 17.6 Å². The lowest BCUT2D eigenvalue weighted by Gasteiger charge is -2.46. The second-order valence-electron chi connectivity index (χ2n) is 11.2. The predicted molar refractivity (Wildman–Crippen MR) is 137 cm³/mol. The van der Waals surface area contributed by atoms with Gasteiger partial charge in [-0.25, -0.2) is 4.98 Å². The predicted octanol–water partition coefficient (Wildman–Crippen LogP) is 2.69. The molecule has 2 saturated heterocycles. The van der Waals surface area contributed by atoms with E-state index in [1.54, 1.807) is 0 Å². The molecular weight excluding hydrogens is 454 g/mol. The number of hydrogen-bond donors (Lipinski definition) is 3. The van der Waals surface area contributed by atoms with Gasteiger partial charge < -0.3 is 20.6 Å². The molecule has 8 nitrogen and oxygen atoms in total. The highest BCUT2D eigenvalue weighted by Gasteiger charge is 2.51. The second kappa shape index (κ2) is 10.6. The number of hydrogen-bond acceptors (Lipinski definition) is 8. The van der Waals surface area contributed by atoms with Gasteiger partial charge in [0.1, 0.15) is 5.78 Å². The molecule has 4 aliphatic rings. The Labute approximate surface area is 214 Å². The summed E-state index contributed by atoms with van der Waals surface area (Å²) in [4.78, 5) is 24.7. The minimum absolute atomic E-state index is 0.127. The van der Waals surface area contributed by atoms with Crippen LogP contribution in [0, 0.1) is 29.1 Å². The van der Waals surface area contributed by atoms with E-state index in [-0.39, 0.29) is 29.3 Å². The van der Waals surface area contributed by atoms with Gasteiger partial charge in [-0.3, -0.25) is 9.69 Å². The fourth-order valence-electron chi connectivity index (χ4n) is 6.90. The summed E-state index contributed by atoms with van der Waals surface area (Å²) in [6, 6.07) is 2.00. The number of nitrogens with one attached hydrogen (secondary N) is 2. The van der Waals surface area contributed by atoms with Crippen molar-refractivity contribution < 1.29 is 14.6 Å². The molecule has 3 heterocycles. The Morgan fingerprint density at radius 3 is 2.81 bits per heavy atom. The number of terminal acetylenes is 1. The number of likely N-dealkylation sites (tertiary alicyclic amines) is 1. The number of carbonyl (C=O) groups excluding carboxylic acids is 1. The van der Waals surface area contributed by atoms with E-state index in [9.17, 15) is 9.90 Å². The van der Waals surface area contributed by atoms with E-state index in [2.05, 4.69) is 28.2 Å². The fourth-order valence-corrected chi connectivity index (χ4v) is 6.90. The first kappa shape index (κ1) is 25.3. The van der Waals surface area contributed by atoms with E-state index in [1.807, 2.05) is 6.07 Å². The molecule has 3 unspecified atom stereocenters. The number of nitrogens with zero attached hydrogens (tertiary/aromatic N) is 3. The molecular formula is C28H39N5O3. The number of aliphatic hydroxyl groups excluding tert-OH is 1. The number of carbonyl (C=O) groups is 1. The molecule has 2 aliphatic heterocycles. The zero-order valence-corrected chi connectivity index (χ0v) is 21.3. The lowest BCUT2D eigenvalue weighted by molar-refractivity contribution is -0.145. The van der Waals surface area contributed by atoms with Gasteiger partial charge in [0.25, 0.3) is 0 Å². The van der Waals surface area contributed by atoms with Gasteiger partial charge >= 0.3 is 0 Å². The van der Waals surface area contributed by atoms with Crippen LogP contribution >= 0.6 is 0 Å². The molecule has 1 spiro atoms. The first-order valence-electron chi connectivity index (χ1n) is 13.7. The minimum atomic E-state index is -0.873. The molecule has 5 rings (SSSR count). The molecule has 2 aliphatic carbocycles. The Morgan fingerprint density at radius 1 is 1.28 bits per heavy atom. The largest absolute Gasteiger partial charge is 0.459 e. The standard InChI is InChI=1S/C28H39N5O3/c1-3-22(21-9-7-15-33(21)2)36-24-16-20(18-11-14-30-17-18)31-27(32-24)25(29)19-8-6-13-28(26(19)35)12-5-4-10-23(28)34/h1,16,18-19,21-22,26,29-30,35H,4-15,17H2,2H3/t18?,19?,21-,22?,26+,28+/m0/s1. The van der Waals surface area contributed by atoms with Crippen LogP contribution in [0.4, 0.5) is 0 Å². The van der Waals surface area contributed by atoms with Crippen molar-refractivity contribution in [2.75, 3.05) is 26.7 Å². The van der Waals surface area contributed by atoms with E-state index in [0.29, 0.717) is 31.6 Å². The summed E-state index contributed by atoms with van der Waals surface area (Å²) >= 11 is 0. The van der Waals surface area contributed by atoms with Crippen LogP contribution in [0.2, 0.25) is 0 Å². The van der Waals surface area contributed by atoms with Crippen LogP contribution in [0.3, 0.4) is 0 Å². The number of aromatic nitrogens is 2. The van der Waals surface area contributed by atoms with Gasteiger partial charge in [-0.2, -0.15) is 4.98 Å². The van der Waals surface area contributed by atoms with Gasteiger partial charge in [-0.1, -0.05) is 18.8 Å². The first-order valence-corrected chi connectivity index (χ1v) is 13.7. The summed E-state index contributed by atoms with van der Waals surface area (Å²) in [5, 5.41) is 23.9. The maximum atomic E-state index is 13.0. The molecule has 2 saturated carbocycles. The van der Waals surface area contributed by atoms with Gasteiger partial charge in [0.15, 0.2) is 11.9 Å². The Kier molecular flexibility index (Phi) is 7.43. The van der Waals surface area contributed by atoms with Gasteiger partial charge in [0, 0.05) is 30.9 Å². The SMILES string of the molecule is C#CC(Oc1cc(C2CCNC2)nc(C(=N)C2CCC[C@@]3(CCCCC3=O)[C@@H]2O)n1)[C@@H]1CCCN1C. The molecule has 194 valence electrons. The molecule has 0 bridgehead atoms. The van der Waals surface area contributed by atoms with Crippen LogP contribution in [-0.4, -0.2) is 76.4 Å². The third kappa shape index (κ3) is 4.69. The third-order valence-electron chi connectivity index (χ3n) is 9.07. The average Bonchev–Trinajstić information content (AvgIpc) is 3.57. The Morgan fingerprint density at radius 2 is 2.11 bits per heavy atom. The smallest absolute Gasteiger partial charge is 0.218 e. The van der Waals surface area contributed by atoms with Gasteiger partial charge in [0.05, 0.1) is 29.0 Å². The van der Waals surface area contributed by atoms with Crippen molar-refractivity contribution in [1.82, 2.24) is 20.2 Å². The summed E-state index contributed by atoms with van der Waals surface area (Å²) in [7, 11) is 2.06. The number of aliphatic hydroxyl groups is 1. The molecule has 0 radical (unpaired) electrons. The maximum absolute atomic E-state index is 13.0. The highest BCUT2D eigenvalue weighted by atomic mass is 16.5. The Bertz CT molecular complexity index is 1030. The molecule has 1 aromatic rings. The summed E-state index contributed by atoms with van der Waals surface area (Å²) in [6.07, 6.45) is 12.8. The Hall–Kier alpha value is -2.34. The van der Waals surface area contributed by atoms with Crippen molar-refractivity contribution in [2.24, 2.45) is 11.3 Å². The summed E-state index contributed by atoms with van der Waals surface area (Å²) in [6.45, 7) is 2.73. The zero-order valence-electron chi connectivity index (χ0n) is 21.3. The monoisotopic (exact) mass is 493 g/mol. The summed E-state index contributed by atoms with van der Waals surface area (Å²) < 4.78 is 6.29.